The highest BCUT2D eigenvalue weighted by Crippen LogP contribution is 2.41. The van der Waals surface area contributed by atoms with Gasteiger partial charge in [0.15, 0.2) is 5.78 Å². The molecule has 3 aromatic rings. The van der Waals surface area contributed by atoms with Crippen LogP contribution in [0.15, 0.2) is 64.2 Å². The van der Waals surface area contributed by atoms with E-state index < -0.39 is 10.8 Å². The number of thioether (sulfide) groups is 1. The summed E-state index contributed by atoms with van der Waals surface area (Å²) in [5.41, 5.74) is 0.434. The highest BCUT2D eigenvalue weighted by Gasteiger charge is 2.48. The Morgan fingerprint density at radius 3 is 2.54 bits per heavy atom. The van der Waals surface area contributed by atoms with Crippen molar-refractivity contribution < 1.29 is 14.3 Å². The number of nitrogens with one attached hydrogen (secondary N) is 1. The van der Waals surface area contributed by atoms with Crippen molar-refractivity contribution in [2.45, 2.75) is 66.7 Å². The summed E-state index contributed by atoms with van der Waals surface area (Å²) < 4.78 is 6.27. The molecule has 0 bridgehead atoms. The highest BCUT2D eigenvalue weighted by atomic mass is 35.5. The molecule has 8 heteroatoms. The average Bonchev–Trinajstić information content (AvgIpc) is 3.29. The number of rotatable bonds is 6. The molecule has 1 aliphatic heterocycles. The van der Waals surface area contributed by atoms with Crippen LogP contribution in [0.2, 0.25) is 5.02 Å². The molecule has 2 aromatic heterocycles. The van der Waals surface area contributed by atoms with Gasteiger partial charge in [-0.3, -0.25) is 9.59 Å². The number of pyridine rings is 1. The third kappa shape index (κ3) is 5.27. The predicted molar refractivity (Wildman–Crippen MR) is 140 cm³/mol. The SMILES string of the molecule is O=C1CC(c2ccsc2)(c2cccc(OC3CCCCCC3)n2)NC(=O)C1Sc1ccccc1Cl. The molecular formula is C27H27ClN2O3S2. The van der Waals surface area contributed by atoms with Crippen molar-refractivity contribution >= 4 is 46.4 Å². The van der Waals surface area contributed by atoms with Crippen molar-refractivity contribution in [1.82, 2.24) is 10.3 Å². The van der Waals surface area contributed by atoms with E-state index in [0.29, 0.717) is 21.5 Å². The Hall–Kier alpha value is -2.35. The van der Waals surface area contributed by atoms with E-state index >= 15 is 0 Å². The first-order chi connectivity index (χ1) is 17.0. The lowest BCUT2D eigenvalue weighted by molar-refractivity contribution is -0.133. The summed E-state index contributed by atoms with van der Waals surface area (Å²) in [7, 11) is 0. The molecule has 1 amide bonds. The second kappa shape index (κ2) is 10.7. The molecule has 1 aliphatic carbocycles. The maximum atomic E-state index is 13.5. The Labute approximate surface area is 218 Å². The molecule has 5 rings (SSSR count). The van der Waals surface area contributed by atoms with Gasteiger partial charge in [-0.25, -0.2) is 4.98 Å². The number of hydrogen-bond donors (Lipinski definition) is 1. The van der Waals surface area contributed by atoms with Crippen LogP contribution in [0.25, 0.3) is 0 Å². The topological polar surface area (TPSA) is 68.3 Å². The number of carbonyl (C=O) groups excluding carboxylic acids is 2. The quantitative estimate of drug-likeness (QED) is 0.297. The molecule has 1 aromatic carbocycles. The van der Waals surface area contributed by atoms with Crippen molar-refractivity contribution in [3.05, 3.63) is 75.6 Å². The van der Waals surface area contributed by atoms with Crippen LogP contribution in [0.4, 0.5) is 0 Å². The molecule has 2 unspecified atom stereocenters. The second-order valence-electron chi connectivity index (χ2n) is 9.07. The number of piperidine rings is 1. The molecule has 1 saturated carbocycles. The lowest BCUT2D eigenvalue weighted by Crippen LogP contribution is -2.58. The third-order valence-electron chi connectivity index (χ3n) is 6.65. The number of ether oxygens (including phenoxy) is 1. The van der Waals surface area contributed by atoms with Gasteiger partial charge < -0.3 is 10.1 Å². The van der Waals surface area contributed by atoms with Gasteiger partial charge in [0.25, 0.3) is 0 Å². The van der Waals surface area contributed by atoms with Crippen molar-refractivity contribution in [1.29, 1.82) is 0 Å². The van der Waals surface area contributed by atoms with Gasteiger partial charge in [-0.1, -0.05) is 42.6 Å². The molecule has 0 spiro atoms. The Balaban J connectivity index is 1.44. The fourth-order valence-electron chi connectivity index (χ4n) is 4.84. The number of Topliss-reactive ketones (excluding diaryl/α,β-unsaturated/α-hetero) is 1. The van der Waals surface area contributed by atoms with Gasteiger partial charge in [-0.05, 0) is 66.3 Å². The molecule has 1 N–H and O–H groups in total. The third-order valence-corrected chi connectivity index (χ3v) is 9.10. The van der Waals surface area contributed by atoms with Crippen LogP contribution in [0.5, 0.6) is 5.88 Å². The molecular weight excluding hydrogens is 500 g/mol. The largest absolute Gasteiger partial charge is 0.474 e. The summed E-state index contributed by atoms with van der Waals surface area (Å²) in [6.07, 6.45) is 7.13. The Kier molecular flexibility index (Phi) is 7.46. The van der Waals surface area contributed by atoms with Gasteiger partial charge in [-0.15, -0.1) is 11.8 Å². The van der Waals surface area contributed by atoms with Gasteiger partial charge in [0.2, 0.25) is 11.8 Å². The number of nitrogens with zero attached hydrogens (tertiary/aromatic N) is 1. The predicted octanol–water partition coefficient (Wildman–Crippen LogP) is 6.39. The maximum absolute atomic E-state index is 13.5. The van der Waals surface area contributed by atoms with E-state index in [0.717, 1.165) is 31.2 Å². The van der Waals surface area contributed by atoms with Crippen LogP contribution in [0.1, 0.15) is 56.2 Å². The number of amides is 1. The molecule has 2 atom stereocenters. The van der Waals surface area contributed by atoms with Crippen LogP contribution < -0.4 is 10.1 Å². The van der Waals surface area contributed by atoms with Crippen LogP contribution in [0, 0.1) is 0 Å². The van der Waals surface area contributed by atoms with Crippen LogP contribution in [-0.2, 0) is 15.1 Å². The standard InChI is InChI=1S/C27H27ClN2O3S2/c28-20-10-5-6-11-22(20)35-25-21(31)16-27(30-26(25)32,18-14-15-34-17-18)23-12-7-13-24(29-23)33-19-8-3-1-2-4-9-19/h5-7,10-15,17,19,25H,1-4,8-9,16H2,(H,30,32). The van der Waals surface area contributed by atoms with Crippen LogP contribution >= 0.6 is 34.7 Å². The minimum atomic E-state index is -1.03. The van der Waals surface area contributed by atoms with Crippen molar-refractivity contribution in [3.8, 4) is 5.88 Å². The van der Waals surface area contributed by atoms with E-state index in [9.17, 15) is 9.59 Å². The minimum absolute atomic E-state index is 0.109. The zero-order valence-electron chi connectivity index (χ0n) is 19.2. The lowest BCUT2D eigenvalue weighted by atomic mass is 9.79. The van der Waals surface area contributed by atoms with Crippen molar-refractivity contribution in [3.63, 3.8) is 0 Å². The van der Waals surface area contributed by atoms with E-state index in [1.807, 2.05) is 53.2 Å². The number of benzene rings is 1. The van der Waals surface area contributed by atoms with E-state index in [4.69, 9.17) is 21.3 Å². The molecule has 182 valence electrons. The number of thiophene rings is 1. The molecule has 3 heterocycles. The number of hydrogen-bond acceptors (Lipinski definition) is 6. The number of aromatic nitrogens is 1. The van der Waals surface area contributed by atoms with Gasteiger partial charge in [0.05, 0.1) is 10.7 Å². The van der Waals surface area contributed by atoms with E-state index in [2.05, 4.69) is 5.32 Å². The number of carbonyl (C=O) groups is 2. The molecule has 0 radical (unpaired) electrons. The summed E-state index contributed by atoms with van der Waals surface area (Å²) in [6, 6.07) is 14.8. The van der Waals surface area contributed by atoms with Gasteiger partial charge in [0, 0.05) is 17.4 Å². The lowest BCUT2D eigenvalue weighted by Gasteiger charge is -2.39. The summed E-state index contributed by atoms with van der Waals surface area (Å²) in [6.45, 7) is 0. The Morgan fingerprint density at radius 2 is 1.83 bits per heavy atom. The zero-order chi connectivity index (χ0) is 24.3. The highest BCUT2D eigenvalue weighted by molar-refractivity contribution is 8.01. The Morgan fingerprint density at radius 1 is 1.03 bits per heavy atom. The van der Waals surface area contributed by atoms with Crippen LogP contribution in [-0.4, -0.2) is 28.0 Å². The summed E-state index contributed by atoms with van der Waals surface area (Å²) >= 11 is 9.01. The fourth-order valence-corrected chi connectivity index (χ4v) is 6.81. The van der Waals surface area contributed by atoms with Gasteiger partial charge >= 0.3 is 0 Å². The smallest absolute Gasteiger partial charge is 0.242 e. The average molecular weight is 527 g/mol. The van der Waals surface area contributed by atoms with Gasteiger partial charge in [-0.2, -0.15) is 11.3 Å². The minimum Gasteiger partial charge on any atom is -0.474 e. The van der Waals surface area contributed by atoms with E-state index in [-0.39, 0.29) is 24.2 Å². The Bertz CT molecular complexity index is 1170. The van der Waals surface area contributed by atoms with Crippen molar-refractivity contribution in [2.75, 3.05) is 0 Å². The number of ketones is 1. The molecule has 35 heavy (non-hydrogen) atoms. The molecule has 2 fully saturated rings. The normalized spacial score (nSPS) is 23.5. The molecule has 1 saturated heterocycles. The van der Waals surface area contributed by atoms with E-state index in [1.54, 1.807) is 6.07 Å². The monoisotopic (exact) mass is 526 g/mol. The first-order valence-electron chi connectivity index (χ1n) is 12.0. The fraction of sp³-hybridized carbons (Fsp3) is 0.370. The second-order valence-corrected chi connectivity index (χ2v) is 11.4. The molecule has 5 nitrogen and oxygen atoms in total. The summed E-state index contributed by atoms with van der Waals surface area (Å²) in [5.74, 6) is 0.0503. The first kappa shape index (κ1) is 24.3. The van der Waals surface area contributed by atoms with Crippen LogP contribution in [0.3, 0.4) is 0 Å². The summed E-state index contributed by atoms with van der Waals surface area (Å²) in [4.78, 5) is 32.4. The zero-order valence-corrected chi connectivity index (χ0v) is 21.6. The maximum Gasteiger partial charge on any atom is 0.242 e. The summed E-state index contributed by atoms with van der Waals surface area (Å²) in [5, 5.41) is 6.75. The molecule has 2 aliphatic rings. The van der Waals surface area contributed by atoms with Crippen molar-refractivity contribution in [2.24, 2.45) is 0 Å². The van der Waals surface area contributed by atoms with E-state index in [1.165, 1.54) is 35.9 Å². The van der Waals surface area contributed by atoms with Gasteiger partial charge in [0.1, 0.15) is 16.9 Å². The number of halogens is 1. The first-order valence-corrected chi connectivity index (χ1v) is 14.2.